The van der Waals surface area contributed by atoms with Gasteiger partial charge >= 0.3 is 0 Å². The Balaban J connectivity index is 1.65. The maximum Gasteiger partial charge on any atom is 0.227 e. The first-order valence-corrected chi connectivity index (χ1v) is 8.35. The molecule has 1 heterocycles. The van der Waals surface area contributed by atoms with Crippen molar-refractivity contribution in [2.45, 2.75) is 13.0 Å². The van der Waals surface area contributed by atoms with Crippen LogP contribution in [-0.4, -0.2) is 31.1 Å². The Morgan fingerprint density at radius 3 is 2.58 bits per heavy atom. The van der Waals surface area contributed by atoms with Gasteiger partial charge in [-0.25, -0.2) is 0 Å². The van der Waals surface area contributed by atoms with E-state index in [9.17, 15) is 4.79 Å². The third-order valence-electron chi connectivity index (χ3n) is 3.81. The van der Waals surface area contributed by atoms with Gasteiger partial charge in [0.15, 0.2) is 11.5 Å². The van der Waals surface area contributed by atoms with E-state index < -0.39 is 0 Å². The predicted molar refractivity (Wildman–Crippen MR) is 94.1 cm³/mol. The molecule has 0 atom stereocenters. The van der Waals surface area contributed by atoms with E-state index in [4.69, 9.17) is 32.7 Å². The lowest BCUT2D eigenvalue weighted by atomic mass is 10.1. The molecule has 24 heavy (non-hydrogen) atoms. The summed E-state index contributed by atoms with van der Waals surface area (Å²) in [5.41, 5.74) is 1.75. The van der Waals surface area contributed by atoms with Crippen LogP contribution in [0.3, 0.4) is 0 Å². The second-order valence-electron chi connectivity index (χ2n) is 5.64. The Morgan fingerprint density at radius 1 is 1.08 bits per heavy atom. The van der Waals surface area contributed by atoms with E-state index in [0.29, 0.717) is 29.8 Å². The number of halogens is 2. The first kappa shape index (κ1) is 16.9. The van der Waals surface area contributed by atoms with Gasteiger partial charge in [0.05, 0.1) is 6.42 Å². The van der Waals surface area contributed by atoms with Crippen LogP contribution in [0.25, 0.3) is 0 Å². The summed E-state index contributed by atoms with van der Waals surface area (Å²) in [4.78, 5) is 14.1. The van der Waals surface area contributed by atoms with Crippen LogP contribution < -0.4 is 9.47 Å². The van der Waals surface area contributed by atoms with Crippen LogP contribution >= 0.6 is 23.2 Å². The fourth-order valence-electron chi connectivity index (χ4n) is 2.51. The van der Waals surface area contributed by atoms with Gasteiger partial charge in [0, 0.05) is 23.6 Å². The molecule has 0 fully saturated rings. The summed E-state index contributed by atoms with van der Waals surface area (Å²) in [6.07, 6.45) is 0.233. The van der Waals surface area contributed by atoms with Gasteiger partial charge in [-0.05, 0) is 35.4 Å². The summed E-state index contributed by atoms with van der Waals surface area (Å²) in [5.74, 6) is 1.45. The highest BCUT2D eigenvalue weighted by molar-refractivity contribution is 6.35. The van der Waals surface area contributed by atoms with Gasteiger partial charge < -0.3 is 14.4 Å². The monoisotopic (exact) mass is 365 g/mol. The molecule has 0 aromatic heterocycles. The number of carbonyl (C=O) groups excluding carboxylic acids is 1. The van der Waals surface area contributed by atoms with Crippen molar-refractivity contribution in [3.8, 4) is 11.5 Å². The highest BCUT2D eigenvalue weighted by Crippen LogP contribution is 2.31. The molecule has 2 aromatic rings. The Labute approximate surface area is 150 Å². The Morgan fingerprint density at radius 2 is 1.83 bits per heavy atom. The average Bonchev–Trinajstić information content (AvgIpc) is 2.57. The van der Waals surface area contributed by atoms with Crippen molar-refractivity contribution >= 4 is 29.1 Å². The van der Waals surface area contributed by atoms with Crippen LogP contribution in [0.5, 0.6) is 11.5 Å². The summed E-state index contributed by atoms with van der Waals surface area (Å²) in [7, 11) is 1.77. The van der Waals surface area contributed by atoms with E-state index in [-0.39, 0.29) is 12.3 Å². The average molecular weight is 366 g/mol. The van der Waals surface area contributed by atoms with Gasteiger partial charge in [0.25, 0.3) is 0 Å². The molecule has 6 heteroatoms. The van der Waals surface area contributed by atoms with E-state index in [1.165, 1.54) is 0 Å². The lowest BCUT2D eigenvalue weighted by molar-refractivity contribution is -0.129. The quantitative estimate of drug-likeness (QED) is 0.822. The molecule has 3 rings (SSSR count). The Kier molecular flexibility index (Phi) is 5.17. The van der Waals surface area contributed by atoms with Crippen molar-refractivity contribution in [1.29, 1.82) is 0 Å². The molecule has 4 nitrogen and oxygen atoms in total. The lowest BCUT2D eigenvalue weighted by Crippen LogP contribution is -2.28. The molecule has 0 bridgehead atoms. The van der Waals surface area contributed by atoms with E-state index in [0.717, 1.165) is 22.6 Å². The van der Waals surface area contributed by atoms with Crippen molar-refractivity contribution in [1.82, 2.24) is 4.90 Å². The molecular weight excluding hydrogens is 349 g/mol. The number of likely N-dealkylation sites (N-methyl/N-ethyl adjacent to an activating group) is 1. The van der Waals surface area contributed by atoms with Crippen LogP contribution in [0, 0.1) is 0 Å². The number of carbonyl (C=O) groups is 1. The molecule has 1 aliphatic rings. The first-order chi connectivity index (χ1) is 11.5. The fourth-order valence-corrected chi connectivity index (χ4v) is 2.99. The second kappa shape index (κ2) is 7.32. The molecule has 0 unspecified atom stereocenters. The zero-order valence-electron chi connectivity index (χ0n) is 13.2. The van der Waals surface area contributed by atoms with Crippen LogP contribution in [0.2, 0.25) is 10.0 Å². The van der Waals surface area contributed by atoms with Gasteiger partial charge in [0.1, 0.15) is 13.2 Å². The SMILES string of the molecule is CN(Cc1ccc2c(c1)OCCO2)C(=O)Cc1ccc(Cl)cc1Cl. The molecular formula is C18H17Cl2NO3. The maximum absolute atomic E-state index is 12.4. The number of rotatable bonds is 4. The minimum absolute atomic E-state index is 0.0193. The molecule has 2 aromatic carbocycles. The van der Waals surface area contributed by atoms with Crippen LogP contribution in [-0.2, 0) is 17.8 Å². The molecule has 0 N–H and O–H groups in total. The molecule has 1 amide bonds. The van der Waals surface area contributed by atoms with E-state index >= 15 is 0 Å². The van der Waals surface area contributed by atoms with Gasteiger partial charge in [0.2, 0.25) is 5.91 Å². The normalized spacial score (nSPS) is 12.8. The number of hydrogen-bond donors (Lipinski definition) is 0. The van der Waals surface area contributed by atoms with Crippen molar-refractivity contribution < 1.29 is 14.3 Å². The predicted octanol–water partition coefficient (Wildman–Crippen LogP) is 3.97. The molecule has 0 saturated carbocycles. The third-order valence-corrected chi connectivity index (χ3v) is 4.40. The number of nitrogens with zero attached hydrogens (tertiary/aromatic N) is 1. The number of ether oxygens (including phenoxy) is 2. The largest absolute Gasteiger partial charge is 0.486 e. The maximum atomic E-state index is 12.4. The van der Waals surface area contributed by atoms with Gasteiger partial charge in [-0.3, -0.25) is 4.79 Å². The first-order valence-electron chi connectivity index (χ1n) is 7.59. The van der Waals surface area contributed by atoms with Crippen molar-refractivity contribution in [3.05, 3.63) is 57.6 Å². The Bertz CT molecular complexity index is 764. The van der Waals surface area contributed by atoms with E-state index in [1.54, 1.807) is 30.1 Å². The van der Waals surface area contributed by atoms with E-state index in [2.05, 4.69) is 0 Å². The minimum atomic E-state index is -0.0193. The summed E-state index contributed by atoms with van der Waals surface area (Å²) >= 11 is 12.0. The molecule has 0 saturated heterocycles. The topological polar surface area (TPSA) is 38.8 Å². The number of fused-ring (bicyclic) bond motifs is 1. The summed E-state index contributed by atoms with van der Waals surface area (Å²) in [5, 5.41) is 1.06. The number of hydrogen-bond acceptors (Lipinski definition) is 3. The zero-order valence-corrected chi connectivity index (χ0v) is 14.7. The van der Waals surface area contributed by atoms with Gasteiger partial charge in [-0.2, -0.15) is 0 Å². The minimum Gasteiger partial charge on any atom is -0.486 e. The summed E-state index contributed by atoms with van der Waals surface area (Å²) in [6.45, 7) is 1.59. The molecule has 1 aliphatic heterocycles. The van der Waals surface area contributed by atoms with E-state index in [1.807, 2.05) is 18.2 Å². The van der Waals surface area contributed by atoms with Gasteiger partial charge in [-0.15, -0.1) is 0 Å². The van der Waals surface area contributed by atoms with Crippen molar-refractivity contribution in [3.63, 3.8) is 0 Å². The lowest BCUT2D eigenvalue weighted by Gasteiger charge is -2.21. The Hall–Kier alpha value is -1.91. The number of amides is 1. The van der Waals surface area contributed by atoms with Crippen molar-refractivity contribution in [2.24, 2.45) is 0 Å². The molecule has 0 radical (unpaired) electrons. The van der Waals surface area contributed by atoms with Crippen LogP contribution in [0.15, 0.2) is 36.4 Å². The molecule has 0 spiro atoms. The highest BCUT2D eigenvalue weighted by Gasteiger charge is 2.15. The second-order valence-corrected chi connectivity index (χ2v) is 6.48. The van der Waals surface area contributed by atoms with Gasteiger partial charge in [-0.1, -0.05) is 35.3 Å². The molecule has 126 valence electrons. The third kappa shape index (κ3) is 3.94. The zero-order chi connectivity index (χ0) is 17.1. The summed E-state index contributed by atoms with van der Waals surface area (Å²) < 4.78 is 11.1. The van der Waals surface area contributed by atoms with Crippen LogP contribution in [0.4, 0.5) is 0 Å². The number of benzene rings is 2. The molecule has 0 aliphatic carbocycles. The standard InChI is InChI=1S/C18H17Cl2NO3/c1-21(18(22)9-13-3-4-14(19)10-15(13)20)11-12-2-5-16-17(8-12)24-7-6-23-16/h2-5,8,10H,6-7,9,11H2,1H3. The van der Waals surface area contributed by atoms with Crippen LogP contribution in [0.1, 0.15) is 11.1 Å². The summed E-state index contributed by atoms with van der Waals surface area (Å²) in [6, 6.07) is 10.9. The van der Waals surface area contributed by atoms with Crippen molar-refractivity contribution in [2.75, 3.05) is 20.3 Å². The smallest absolute Gasteiger partial charge is 0.227 e. The highest BCUT2D eigenvalue weighted by atomic mass is 35.5. The fraction of sp³-hybridized carbons (Fsp3) is 0.278.